The molecule has 0 radical (unpaired) electrons. The first-order valence-corrected chi connectivity index (χ1v) is 11.0. The second-order valence-electron chi connectivity index (χ2n) is 6.79. The van der Waals surface area contributed by atoms with Crippen molar-refractivity contribution in [3.63, 3.8) is 0 Å². The minimum atomic E-state index is -0.108. The van der Waals surface area contributed by atoms with Gasteiger partial charge in [-0.1, -0.05) is 35.5 Å². The van der Waals surface area contributed by atoms with Crippen molar-refractivity contribution in [1.82, 2.24) is 14.9 Å². The number of hydrogen-bond donors (Lipinski definition) is 1. The Bertz CT molecular complexity index is 1110. The molecule has 1 N–H and O–H groups in total. The van der Waals surface area contributed by atoms with Gasteiger partial charge in [-0.25, -0.2) is 4.98 Å². The van der Waals surface area contributed by atoms with E-state index in [0.717, 1.165) is 40.7 Å². The van der Waals surface area contributed by atoms with Crippen molar-refractivity contribution < 1.29 is 4.79 Å². The van der Waals surface area contributed by atoms with E-state index < -0.39 is 0 Å². The number of fused-ring (bicyclic) bond motifs is 3. The Morgan fingerprint density at radius 2 is 2.14 bits per heavy atom. The number of carbonyl (C=O) groups is 1. The van der Waals surface area contributed by atoms with Gasteiger partial charge in [0.25, 0.3) is 5.56 Å². The lowest BCUT2D eigenvalue weighted by atomic mass is 10.2. The first-order chi connectivity index (χ1) is 13.6. The lowest BCUT2D eigenvalue weighted by Gasteiger charge is -2.12. The average molecular weight is 412 g/mol. The number of amides is 1. The normalized spacial score (nSPS) is 12.9. The molecule has 2 aromatic heterocycles. The van der Waals surface area contributed by atoms with Crippen LogP contribution in [0.3, 0.4) is 0 Å². The van der Waals surface area contributed by atoms with E-state index in [1.54, 1.807) is 22.0 Å². The van der Waals surface area contributed by atoms with E-state index in [1.165, 1.54) is 22.2 Å². The second kappa shape index (κ2) is 7.93. The molecule has 4 rings (SSSR count). The van der Waals surface area contributed by atoms with Crippen LogP contribution in [0.15, 0.2) is 46.9 Å². The number of thiophene rings is 1. The summed E-state index contributed by atoms with van der Waals surface area (Å²) in [5, 5.41) is 4.06. The largest absolute Gasteiger partial charge is 0.352 e. The van der Waals surface area contributed by atoms with Crippen LogP contribution < -0.4 is 10.9 Å². The average Bonchev–Trinajstić information content (AvgIpc) is 3.26. The SMILES string of the molecule is C=CCNC(=O)CSc1nc2sc3c(c2c(=O)n1-c1ccc(C)cc1)CCC3. The van der Waals surface area contributed by atoms with Crippen molar-refractivity contribution in [3.05, 3.63) is 63.3 Å². The molecule has 1 amide bonds. The monoisotopic (exact) mass is 411 g/mol. The molecule has 0 unspecified atom stereocenters. The predicted octanol–water partition coefficient (Wildman–Crippen LogP) is 3.64. The van der Waals surface area contributed by atoms with Crippen LogP contribution in [-0.4, -0.2) is 27.8 Å². The highest BCUT2D eigenvalue weighted by Crippen LogP contribution is 2.36. The molecule has 144 valence electrons. The van der Waals surface area contributed by atoms with Gasteiger partial charge in [0.05, 0.1) is 16.8 Å². The van der Waals surface area contributed by atoms with E-state index in [9.17, 15) is 9.59 Å². The van der Waals surface area contributed by atoms with Crippen LogP contribution in [0.2, 0.25) is 0 Å². The van der Waals surface area contributed by atoms with Gasteiger partial charge in [0, 0.05) is 11.4 Å². The molecule has 2 heterocycles. The van der Waals surface area contributed by atoms with Crippen molar-refractivity contribution in [2.24, 2.45) is 0 Å². The van der Waals surface area contributed by atoms with E-state index in [0.29, 0.717) is 11.7 Å². The Kier molecular flexibility index (Phi) is 5.37. The van der Waals surface area contributed by atoms with Crippen LogP contribution >= 0.6 is 23.1 Å². The standard InChI is InChI=1S/C21H21N3O2S2/c1-3-11-22-17(25)12-27-21-23-19-18(15-5-4-6-16(15)28-19)20(26)24(21)14-9-7-13(2)8-10-14/h3,7-10H,1,4-6,11-12H2,2H3,(H,22,25). The number of nitrogens with one attached hydrogen (secondary N) is 1. The van der Waals surface area contributed by atoms with Gasteiger partial charge in [0.15, 0.2) is 5.16 Å². The van der Waals surface area contributed by atoms with Crippen LogP contribution in [0, 0.1) is 6.92 Å². The van der Waals surface area contributed by atoms with Crippen LogP contribution in [0.1, 0.15) is 22.4 Å². The van der Waals surface area contributed by atoms with Gasteiger partial charge in [-0.15, -0.1) is 17.9 Å². The Hall–Kier alpha value is -2.38. The first-order valence-electron chi connectivity index (χ1n) is 9.23. The fourth-order valence-electron chi connectivity index (χ4n) is 3.41. The summed E-state index contributed by atoms with van der Waals surface area (Å²) < 4.78 is 1.65. The quantitative estimate of drug-likeness (QED) is 0.382. The Morgan fingerprint density at radius 3 is 2.89 bits per heavy atom. The van der Waals surface area contributed by atoms with Crippen molar-refractivity contribution >= 4 is 39.2 Å². The third kappa shape index (κ3) is 3.52. The smallest absolute Gasteiger partial charge is 0.267 e. The number of nitrogens with zero attached hydrogens (tertiary/aromatic N) is 2. The van der Waals surface area contributed by atoms with Gasteiger partial charge in [0.2, 0.25) is 5.91 Å². The van der Waals surface area contributed by atoms with Crippen LogP contribution in [-0.2, 0) is 17.6 Å². The third-order valence-corrected chi connectivity index (χ3v) is 6.90. The summed E-state index contributed by atoms with van der Waals surface area (Å²) in [5.74, 6) is 0.0892. The lowest BCUT2D eigenvalue weighted by Crippen LogP contribution is -2.26. The van der Waals surface area contributed by atoms with Gasteiger partial charge in [-0.2, -0.15) is 0 Å². The van der Waals surface area contributed by atoms with E-state index in [4.69, 9.17) is 4.98 Å². The molecule has 1 aliphatic carbocycles. The lowest BCUT2D eigenvalue weighted by molar-refractivity contribution is -0.118. The summed E-state index contributed by atoms with van der Waals surface area (Å²) in [7, 11) is 0. The topological polar surface area (TPSA) is 64.0 Å². The molecule has 3 aromatic rings. The molecule has 0 saturated carbocycles. The van der Waals surface area contributed by atoms with E-state index >= 15 is 0 Å². The summed E-state index contributed by atoms with van der Waals surface area (Å²) in [4.78, 5) is 32.4. The maximum Gasteiger partial charge on any atom is 0.267 e. The minimum absolute atomic E-state index is 0.0396. The highest BCUT2D eigenvalue weighted by atomic mass is 32.2. The zero-order valence-electron chi connectivity index (χ0n) is 15.7. The van der Waals surface area contributed by atoms with E-state index in [2.05, 4.69) is 11.9 Å². The van der Waals surface area contributed by atoms with Crippen LogP contribution in [0.4, 0.5) is 0 Å². The molecule has 0 spiro atoms. The maximum atomic E-state index is 13.5. The minimum Gasteiger partial charge on any atom is -0.352 e. The highest BCUT2D eigenvalue weighted by Gasteiger charge is 2.24. The van der Waals surface area contributed by atoms with E-state index in [1.807, 2.05) is 31.2 Å². The summed E-state index contributed by atoms with van der Waals surface area (Å²) in [6.45, 7) is 6.04. The summed E-state index contributed by atoms with van der Waals surface area (Å²) in [6, 6.07) is 7.82. The van der Waals surface area contributed by atoms with Crippen molar-refractivity contribution in [3.8, 4) is 5.69 Å². The van der Waals surface area contributed by atoms with Crippen LogP contribution in [0.5, 0.6) is 0 Å². The van der Waals surface area contributed by atoms with Gasteiger partial charge in [0.1, 0.15) is 4.83 Å². The third-order valence-electron chi connectivity index (χ3n) is 4.78. The van der Waals surface area contributed by atoms with Crippen molar-refractivity contribution in [2.75, 3.05) is 12.3 Å². The molecule has 0 bridgehead atoms. The zero-order valence-corrected chi connectivity index (χ0v) is 17.3. The number of thioether (sulfide) groups is 1. The fraction of sp³-hybridized carbons (Fsp3) is 0.286. The Balaban J connectivity index is 1.81. The number of aromatic nitrogens is 2. The first kappa shape index (κ1) is 19.0. The fourth-order valence-corrected chi connectivity index (χ4v) is 5.56. The molecule has 7 heteroatoms. The number of carbonyl (C=O) groups excluding carboxylic acids is 1. The van der Waals surface area contributed by atoms with E-state index in [-0.39, 0.29) is 17.2 Å². The van der Waals surface area contributed by atoms with Crippen molar-refractivity contribution in [1.29, 1.82) is 0 Å². The summed E-state index contributed by atoms with van der Waals surface area (Å²) in [6.07, 6.45) is 4.70. The number of aryl methyl sites for hydroxylation is 3. The molecule has 28 heavy (non-hydrogen) atoms. The number of hydrogen-bond acceptors (Lipinski definition) is 5. The molecule has 0 fully saturated rings. The molecule has 1 aliphatic rings. The summed E-state index contributed by atoms with van der Waals surface area (Å²) >= 11 is 2.90. The Labute approximate surface area is 171 Å². The van der Waals surface area contributed by atoms with Crippen molar-refractivity contribution in [2.45, 2.75) is 31.3 Å². The Morgan fingerprint density at radius 1 is 1.36 bits per heavy atom. The van der Waals surface area contributed by atoms with Crippen LogP contribution in [0.25, 0.3) is 15.9 Å². The zero-order chi connectivity index (χ0) is 19.7. The molecule has 0 saturated heterocycles. The molecule has 0 aliphatic heterocycles. The summed E-state index contributed by atoms with van der Waals surface area (Å²) in [5.41, 5.74) is 3.03. The molecule has 0 atom stereocenters. The second-order valence-corrected chi connectivity index (χ2v) is 8.82. The van der Waals surface area contributed by atoms with Gasteiger partial charge < -0.3 is 5.32 Å². The molecule has 1 aromatic carbocycles. The maximum absolute atomic E-state index is 13.5. The van der Waals surface area contributed by atoms with Gasteiger partial charge >= 0.3 is 0 Å². The predicted molar refractivity (Wildman–Crippen MR) is 116 cm³/mol. The number of benzene rings is 1. The molecule has 5 nitrogen and oxygen atoms in total. The number of rotatable bonds is 6. The molecular weight excluding hydrogens is 390 g/mol. The molecular formula is C21H21N3O2S2. The van der Waals surface area contributed by atoms with Gasteiger partial charge in [-0.3, -0.25) is 14.2 Å². The highest BCUT2D eigenvalue weighted by molar-refractivity contribution is 7.99. The van der Waals surface area contributed by atoms with Gasteiger partial charge in [-0.05, 0) is 43.9 Å².